The van der Waals surface area contributed by atoms with Crippen LogP contribution in [-0.4, -0.2) is 45.9 Å². The van der Waals surface area contributed by atoms with Crippen molar-refractivity contribution >= 4 is 28.9 Å². The van der Waals surface area contributed by atoms with Crippen LogP contribution in [-0.2, 0) is 11.2 Å². The summed E-state index contributed by atoms with van der Waals surface area (Å²) < 4.78 is 0. The van der Waals surface area contributed by atoms with Crippen molar-refractivity contribution in [1.29, 1.82) is 0 Å². The van der Waals surface area contributed by atoms with Gasteiger partial charge in [-0.15, -0.1) is 0 Å². The van der Waals surface area contributed by atoms with E-state index in [-0.39, 0.29) is 11.9 Å². The number of hydrogen-bond acceptors (Lipinski definition) is 3. The van der Waals surface area contributed by atoms with E-state index in [1.807, 2.05) is 54.6 Å². The monoisotopic (exact) mass is 377 g/mol. The van der Waals surface area contributed by atoms with Gasteiger partial charge in [-0.1, -0.05) is 42.5 Å². The number of imidazole rings is 1. The Morgan fingerprint density at radius 1 is 1.04 bits per heavy atom. The molecule has 3 aromatic rings. The Balaban J connectivity index is 1.50. The van der Waals surface area contributed by atoms with E-state index < -0.39 is 6.04 Å². The van der Waals surface area contributed by atoms with Crippen LogP contribution in [0.5, 0.6) is 0 Å². The molecule has 7 heteroatoms. The summed E-state index contributed by atoms with van der Waals surface area (Å²) in [6, 6.07) is 16.3. The van der Waals surface area contributed by atoms with Crippen LogP contribution in [0.2, 0.25) is 0 Å². The van der Waals surface area contributed by atoms with Gasteiger partial charge >= 0.3 is 6.03 Å². The van der Waals surface area contributed by atoms with Crippen molar-refractivity contribution < 1.29 is 9.59 Å². The summed E-state index contributed by atoms with van der Waals surface area (Å²) in [6.45, 7) is 1.46. The Kier molecular flexibility index (Phi) is 5.23. The third-order valence-electron chi connectivity index (χ3n) is 4.92. The van der Waals surface area contributed by atoms with Gasteiger partial charge in [0.15, 0.2) is 0 Å². The zero-order valence-electron chi connectivity index (χ0n) is 15.5. The molecule has 0 aliphatic carbocycles. The number of amides is 3. The second-order valence-electron chi connectivity index (χ2n) is 6.98. The molecule has 1 aliphatic heterocycles. The molecule has 144 valence electrons. The van der Waals surface area contributed by atoms with E-state index in [9.17, 15) is 9.59 Å². The van der Waals surface area contributed by atoms with Crippen molar-refractivity contribution in [2.75, 3.05) is 18.4 Å². The highest BCUT2D eigenvalue weighted by atomic mass is 16.2. The number of aromatic nitrogens is 2. The lowest BCUT2D eigenvalue weighted by molar-refractivity contribution is -0.118. The molecule has 1 saturated heterocycles. The fourth-order valence-electron chi connectivity index (χ4n) is 3.44. The third kappa shape index (κ3) is 4.14. The number of fused-ring (bicyclic) bond motifs is 1. The minimum absolute atomic E-state index is 0.196. The average molecular weight is 377 g/mol. The minimum atomic E-state index is -0.691. The fraction of sp³-hybridized carbons (Fsp3) is 0.286. The summed E-state index contributed by atoms with van der Waals surface area (Å²) in [5, 5.41) is 5.70. The van der Waals surface area contributed by atoms with Crippen molar-refractivity contribution in [2.45, 2.75) is 25.3 Å². The summed E-state index contributed by atoms with van der Waals surface area (Å²) in [6.07, 6.45) is 2.41. The van der Waals surface area contributed by atoms with Crippen molar-refractivity contribution in [3.63, 3.8) is 0 Å². The van der Waals surface area contributed by atoms with Crippen LogP contribution in [0.15, 0.2) is 54.6 Å². The van der Waals surface area contributed by atoms with Crippen LogP contribution in [0.1, 0.15) is 18.4 Å². The standard InChI is InChI=1S/C21H23N5O2/c27-19(25-20-22-16-10-4-5-11-17(16)23-20)18(14-15-8-2-1-3-9-15)24-21(28)26-12-6-7-13-26/h1-5,8-11,18H,6-7,12-14H2,(H,24,28)(H2,22,23,25,27). The smallest absolute Gasteiger partial charge is 0.318 e. The Labute approximate surface area is 163 Å². The van der Waals surface area contributed by atoms with Gasteiger partial charge < -0.3 is 15.2 Å². The number of benzene rings is 2. The molecule has 0 saturated carbocycles. The molecule has 1 aliphatic rings. The van der Waals surface area contributed by atoms with Crippen LogP contribution in [0.25, 0.3) is 11.0 Å². The van der Waals surface area contributed by atoms with Gasteiger partial charge in [0.2, 0.25) is 11.9 Å². The molecule has 0 radical (unpaired) electrons. The van der Waals surface area contributed by atoms with E-state index in [0.717, 1.165) is 42.5 Å². The molecular weight excluding hydrogens is 354 g/mol. The number of nitrogens with one attached hydrogen (secondary N) is 3. The van der Waals surface area contributed by atoms with Gasteiger partial charge in [0.1, 0.15) is 6.04 Å². The molecule has 1 aromatic heterocycles. The number of aromatic amines is 1. The maximum Gasteiger partial charge on any atom is 0.318 e. The second kappa shape index (κ2) is 8.12. The van der Waals surface area contributed by atoms with E-state index in [4.69, 9.17) is 0 Å². The lowest BCUT2D eigenvalue weighted by Gasteiger charge is -2.22. The summed E-state index contributed by atoms with van der Waals surface area (Å²) in [7, 11) is 0. The highest BCUT2D eigenvalue weighted by Gasteiger charge is 2.26. The first-order valence-corrected chi connectivity index (χ1v) is 9.54. The highest BCUT2D eigenvalue weighted by molar-refractivity contribution is 5.97. The molecule has 1 fully saturated rings. The van der Waals surface area contributed by atoms with Gasteiger partial charge in [-0.3, -0.25) is 10.1 Å². The lowest BCUT2D eigenvalue weighted by atomic mass is 10.1. The Morgan fingerprint density at radius 3 is 2.50 bits per heavy atom. The molecule has 3 amide bonds. The zero-order valence-corrected chi connectivity index (χ0v) is 15.5. The summed E-state index contributed by atoms with van der Waals surface area (Å²) in [5.41, 5.74) is 2.60. The van der Waals surface area contributed by atoms with Crippen LogP contribution in [0.3, 0.4) is 0 Å². The largest absolute Gasteiger partial charge is 0.326 e. The van der Waals surface area contributed by atoms with Crippen LogP contribution in [0.4, 0.5) is 10.7 Å². The summed E-state index contributed by atoms with van der Waals surface area (Å²) >= 11 is 0. The number of urea groups is 1. The number of H-pyrrole nitrogens is 1. The van der Waals surface area contributed by atoms with E-state index in [2.05, 4.69) is 20.6 Å². The number of carbonyl (C=O) groups excluding carboxylic acids is 2. The number of likely N-dealkylation sites (tertiary alicyclic amines) is 1. The van der Waals surface area contributed by atoms with E-state index in [1.54, 1.807) is 4.90 Å². The molecule has 1 atom stereocenters. The second-order valence-corrected chi connectivity index (χ2v) is 6.98. The fourth-order valence-corrected chi connectivity index (χ4v) is 3.44. The molecule has 0 bridgehead atoms. The van der Waals surface area contributed by atoms with Gasteiger partial charge in [-0.25, -0.2) is 9.78 Å². The van der Waals surface area contributed by atoms with E-state index in [1.165, 1.54) is 0 Å². The predicted molar refractivity (Wildman–Crippen MR) is 108 cm³/mol. The number of para-hydroxylation sites is 2. The Hall–Kier alpha value is -3.35. The molecule has 4 rings (SSSR count). The normalized spacial score (nSPS) is 14.8. The van der Waals surface area contributed by atoms with Crippen molar-refractivity contribution in [2.24, 2.45) is 0 Å². The van der Waals surface area contributed by atoms with Gasteiger partial charge in [0.25, 0.3) is 0 Å². The quantitative estimate of drug-likeness (QED) is 0.639. The van der Waals surface area contributed by atoms with Gasteiger partial charge in [-0.2, -0.15) is 0 Å². The van der Waals surface area contributed by atoms with Crippen LogP contribution < -0.4 is 10.6 Å². The third-order valence-corrected chi connectivity index (χ3v) is 4.92. The van der Waals surface area contributed by atoms with Crippen molar-refractivity contribution in [3.05, 3.63) is 60.2 Å². The molecule has 2 aromatic carbocycles. The number of hydrogen-bond donors (Lipinski definition) is 3. The maximum absolute atomic E-state index is 12.9. The molecule has 3 N–H and O–H groups in total. The SMILES string of the molecule is O=C(Nc1nc2ccccc2[nH]1)C(Cc1ccccc1)NC(=O)N1CCCC1. The maximum atomic E-state index is 12.9. The number of carbonyl (C=O) groups is 2. The topological polar surface area (TPSA) is 90.1 Å². The van der Waals surface area contributed by atoms with Crippen molar-refractivity contribution in [3.8, 4) is 0 Å². The van der Waals surface area contributed by atoms with E-state index in [0.29, 0.717) is 12.4 Å². The van der Waals surface area contributed by atoms with Gasteiger partial charge in [-0.05, 0) is 30.5 Å². The first-order valence-electron chi connectivity index (χ1n) is 9.54. The summed E-state index contributed by atoms with van der Waals surface area (Å²) in [5.74, 6) is 0.0788. The molecule has 2 heterocycles. The molecular formula is C21H23N5O2. The molecule has 0 spiro atoms. The average Bonchev–Trinajstić information content (AvgIpc) is 3.37. The number of rotatable bonds is 5. The number of nitrogens with zero attached hydrogens (tertiary/aromatic N) is 2. The molecule has 1 unspecified atom stereocenters. The summed E-state index contributed by atoms with van der Waals surface area (Å²) in [4.78, 5) is 34.7. The number of anilines is 1. The first kappa shape index (κ1) is 18.0. The molecule has 7 nitrogen and oxygen atoms in total. The highest BCUT2D eigenvalue weighted by Crippen LogP contribution is 2.14. The Morgan fingerprint density at radius 2 is 1.75 bits per heavy atom. The van der Waals surface area contributed by atoms with E-state index >= 15 is 0 Å². The van der Waals surface area contributed by atoms with Gasteiger partial charge in [0.05, 0.1) is 11.0 Å². The van der Waals surface area contributed by atoms with Crippen molar-refractivity contribution in [1.82, 2.24) is 20.2 Å². The van der Waals surface area contributed by atoms with Crippen LogP contribution >= 0.6 is 0 Å². The van der Waals surface area contributed by atoms with Gasteiger partial charge in [0, 0.05) is 19.5 Å². The first-order chi connectivity index (χ1) is 13.7. The molecule has 28 heavy (non-hydrogen) atoms. The minimum Gasteiger partial charge on any atom is -0.326 e. The zero-order chi connectivity index (χ0) is 19.3. The predicted octanol–water partition coefficient (Wildman–Crippen LogP) is 2.92. The lowest BCUT2D eigenvalue weighted by Crippen LogP contribution is -2.50. The Bertz CT molecular complexity index is 930. The van der Waals surface area contributed by atoms with Crippen LogP contribution in [0, 0.1) is 0 Å².